The van der Waals surface area contributed by atoms with Crippen LogP contribution in [0.3, 0.4) is 0 Å². The second kappa shape index (κ2) is 5.31. The lowest BCUT2D eigenvalue weighted by Crippen LogP contribution is -2.30. The smallest absolute Gasteiger partial charge is 0.302 e. The van der Waals surface area contributed by atoms with Gasteiger partial charge in [-0.25, -0.2) is 0 Å². The van der Waals surface area contributed by atoms with E-state index in [9.17, 15) is 13.2 Å². The van der Waals surface area contributed by atoms with Gasteiger partial charge < -0.3 is 5.32 Å². The van der Waals surface area contributed by atoms with Gasteiger partial charge in [-0.15, -0.1) is 0 Å². The highest BCUT2D eigenvalue weighted by Gasteiger charge is 2.27. The zero-order valence-electron chi connectivity index (χ0n) is 11.2. The van der Waals surface area contributed by atoms with Gasteiger partial charge in [0.1, 0.15) is 0 Å². The summed E-state index contributed by atoms with van der Waals surface area (Å²) in [6.45, 7) is 7.08. The number of halogens is 3. The molecule has 0 bridgehead atoms. The minimum absolute atomic E-state index is 0.0567. The van der Waals surface area contributed by atoms with Crippen LogP contribution in [0, 0.1) is 0 Å². The Balaban J connectivity index is 2.68. The fourth-order valence-electron chi connectivity index (χ4n) is 1.66. The van der Waals surface area contributed by atoms with Crippen molar-refractivity contribution < 1.29 is 13.2 Å². The molecule has 4 heteroatoms. The Kier molecular flexibility index (Phi) is 4.43. The lowest BCUT2D eigenvalue weighted by Gasteiger charge is -2.21. The molecule has 0 saturated carbocycles. The predicted molar refractivity (Wildman–Crippen MR) is 67.6 cm³/mol. The first kappa shape index (κ1) is 15.0. The third kappa shape index (κ3) is 4.69. The second-order valence-corrected chi connectivity index (χ2v) is 5.59. The summed E-state index contributed by atoms with van der Waals surface area (Å²) in [6, 6.07) is 7.41. The van der Waals surface area contributed by atoms with Crippen LogP contribution in [0.2, 0.25) is 0 Å². The third-order valence-corrected chi connectivity index (χ3v) is 2.89. The number of rotatable bonds is 3. The molecule has 18 heavy (non-hydrogen) atoms. The van der Waals surface area contributed by atoms with Gasteiger partial charge in [-0.05, 0) is 23.5 Å². The van der Waals surface area contributed by atoms with Crippen LogP contribution in [0.1, 0.15) is 44.9 Å². The van der Waals surface area contributed by atoms with E-state index >= 15 is 0 Å². The molecule has 1 unspecified atom stereocenters. The number of benzene rings is 1. The average molecular weight is 259 g/mol. The van der Waals surface area contributed by atoms with Crippen molar-refractivity contribution in [1.82, 2.24) is 5.32 Å². The molecule has 1 nitrogen and oxygen atoms in total. The number of nitrogens with one attached hydrogen (secondary N) is 1. The van der Waals surface area contributed by atoms with Crippen LogP contribution >= 0.6 is 0 Å². The van der Waals surface area contributed by atoms with E-state index in [-0.39, 0.29) is 11.5 Å². The van der Waals surface area contributed by atoms with E-state index in [1.807, 2.05) is 24.3 Å². The number of hydrogen-bond acceptors (Lipinski definition) is 1. The van der Waals surface area contributed by atoms with Crippen LogP contribution in [0.25, 0.3) is 0 Å². The van der Waals surface area contributed by atoms with Gasteiger partial charge in [-0.1, -0.05) is 45.0 Å². The monoisotopic (exact) mass is 259 g/mol. The fourth-order valence-corrected chi connectivity index (χ4v) is 1.66. The Morgan fingerprint density at radius 2 is 1.56 bits per heavy atom. The molecule has 0 aliphatic heterocycles. The van der Waals surface area contributed by atoms with Gasteiger partial charge in [0.05, 0.1) is 6.54 Å². The Labute approximate surface area is 106 Å². The number of hydrogen-bond donors (Lipinski definition) is 1. The molecule has 0 aliphatic carbocycles. The summed E-state index contributed by atoms with van der Waals surface area (Å²) >= 11 is 0. The molecule has 1 aromatic rings. The number of alkyl halides is 3. The van der Waals surface area contributed by atoms with E-state index in [0.29, 0.717) is 0 Å². The molecule has 0 amide bonds. The van der Waals surface area contributed by atoms with Crippen LogP contribution in [0.4, 0.5) is 13.2 Å². The Morgan fingerprint density at radius 3 is 1.94 bits per heavy atom. The van der Waals surface area contributed by atoms with Crippen LogP contribution in [-0.2, 0) is 5.41 Å². The molecular formula is C14H20F3N. The third-order valence-electron chi connectivity index (χ3n) is 2.89. The van der Waals surface area contributed by atoms with Crippen molar-refractivity contribution in [3.63, 3.8) is 0 Å². The van der Waals surface area contributed by atoms with E-state index in [1.54, 1.807) is 6.92 Å². The van der Waals surface area contributed by atoms with Crippen molar-refractivity contribution in [2.24, 2.45) is 0 Å². The topological polar surface area (TPSA) is 12.0 Å². The molecule has 0 aromatic heterocycles. The lowest BCUT2D eigenvalue weighted by atomic mass is 9.86. The molecule has 0 radical (unpaired) electrons. The highest BCUT2D eigenvalue weighted by Crippen LogP contribution is 2.24. The Bertz CT molecular complexity index is 374. The normalized spacial score (nSPS) is 14.6. The molecule has 1 N–H and O–H groups in total. The van der Waals surface area contributed by atoms with Crippen LogP contribution < -0.4 is 5.32 Å². The van der Waals surface area contributed by atoms with Gasteiger partial charge in [0.25, 0.3) is 0 Å². The fraction of sp³-hybridized carbons (Fsp3) is 0.571. The molecule has 0 fully saturated rings. The van der Waals surface area contributed by atoms with Crippen LogP contribution in [0.15, 0.2) is 24.3 Å². The molecular weight excluding hydrogens is 239 g/mol. The van der Waals surface area contributed by atoms with E-state index < -0.39 is 12.7 Å². The van der Waals surface area contributed by atoms with Gasteiger partial charge in [0.15, 0.2) is 0 Å². The first-order valence-corrected chi connectivity index (χ1v) is 6.00. The molecule has 102 valence electrons. The van der Waals surface area contributed by atoms with E-state index in [1.165, 1.54) is 5.56 Å². The van der Waals surface area contributed by atoms with Gasteiger partial charge in [0, 0.05) is 6.04 Å². The SMILES string of the molecule is CC(NCC(F)(F)F)c1ccc(C(C)(C)C)cc1. The molecule has 0 saturated heterocycles. The van der Waals surface area contributed by atoms with Gasteiger partial charge in [-0.3, -0.25) is 0 Å². The van der Waals surface area contributed by atoms with Crippen LogP contribution in [-0.4, -0.2) is 12.7 Å². The predicted octanol–water partition coefficient (Wildman–Crippen LogP) is 4.20. The molecule has 1 atom stereocenters. The molecule has 0 aliphatic rings. The second-order valence-electron chi connectivity index (χ2n) is 5.59. The highest BCUT2D eigenvalue weighted by molar-refractivity contribution is 5.28. The van der Waals surface area contributed by atoms with E-state index in [0.717, 1.165) is 5.56 Å². The molecule has 1 aromatic carbocycles. The summed E-state index contributed by atoms with van der Waals surface area (Å²) in [5.41, 5.74) is 2.10. The first-order valence-electron chi connectivity index (χ1n) is 6.00. The molecule has 1 rings (SSSR count). The zero-order chi connectivity index (χ0) is 14.0. The summed E-state index contributed by atoms with van der Waals surface area (Å²) in [5.74, 6) is 0. The van der Waals surface area contributed by atoms with E-state index in [4.69, 9.17) is 0 Å². The zero-order valence-corrected chi connectivity index (χ0v) is 11.2. The van der Waals surface area contributed by atoms with Crippen molar-refractivity contribution in [2.75, 3.05) is 6.54 Å². The maximum absolute atomic E-state index is 12.1. The average Bonchev–Trinajstić information content (AvgIpc) is 2.24. The summed E-state index contributed by atoms with van der Waals surface area (Å²) in [6.07, 6.45) is -4.17. The van der Waals surface area contributed by atoms with Crippen molar-refractivity contribution in [1.29, 1.82) is 0 Å². The van der Waals surface area contributed by atoms with Gasteiger partial charge in [0.2, 0.25) is 0 Å². The maximum Gasteiger partial charge on any atom is 0.401 e. The minimum atomic E-state index is -4.17. The summed E-state index contributed by atoms with van der Waals surface area (Å²) < 4.78 is 36.3. The largest absolute Gasteiger partial charge is 0.401 e. The lowest BCUT2D eigenvalue weighted by molar-refractivity contribution is -0.126. The summed E-state index contributed by atoms with van der Waals surface area (Å²) in [4.78, 5) is 0. The Morgan fingerprint density at radius 1 is 1.06 bits per heavy atom. The quantitative estimate of drug-likeness (QED) is 0.858. The van der Waals surface area contributed by atoms with Gasteiger partial charge in [-0.2, -0.15) is 13.2 Å². The van der Waals surface area contributed by atoms with E-state index in [2.05, 4.69) is 26.1 Å². The highest BCUT2D eigenvalue weighted by atomic mass is 19.4. The summed E-state index contributed by atoms with van der Waals surface area (Å²) in [7, 11) is 0. The van der Waals surface area contributed by atoms with Crippen molar-refractivity contribution in [3.8, 4) is 0 Å². The minimum Gasteiger partial charge on any atom is -0.302 e. The first-order chi connectivity index (χ1) is 8.09. The maximum atomic E-state index is 12.1. The standard InChI is InChI=1S/C14H20F3N/c1-10(18-9-14(15,16)17)11-5-7-12(8-6-11)13(2,3)4/h5-8,10,18H,9H2,1-4H3. The molecule has 0 spiro atoms. The van der Waals surface area contributed by atoms with Gasteiger partial charge >= 0.3 is 6.18 Å². The van der Waals surface area contributed by atoms with Crippen molar-refractivity contribution in [2.45, 2.75) is 45.3 Å². The summed E-state index contributed by atoms with van der Waals surface area (Å²) in [5, 5.41) is 2.47. The molecule has 0 heterocycles. The van der Waals surface area contributed by atoms with Crippen molar-refractivity contribution in [3.05, 3.63) is 35.4 Å². The van der Waals surface area contributed by atoms with Crippen LogP contribution in [0.5, 0.6) is 0 Å². The van der Waals surface area contributed by atoms with Crippen molar-refractivity contribution >= 4 is 0 Å². The Hall–Kier alpha value is -1.03.